The van der Waals surface area contributed by atoms with Crippen LogP contribution < -0.4 is 0 Å². The number of benzene rings is 1. The van der Waals surface area contributed by atoms with Crippen LogP contribution in [0.15, 0.2) is 18.2 Å². The first-order chi connectivity index (χ1) is 7.17. The van der Waals surface area contributed by atoms with Crippen molar-refractivity contribution in [2.75, 3.05) is 6.61 Å². The molecule has 15 heavy (non-hydrogen) atoms. The fourth-order valence-corrected chi connectivity index (χ4v) is 1.18. The Bertz CT molecular complexity index is 371. The van der Waals surface area contributed by atoms with E-state index < -0.39 is 0 Å². The molecule has 0 saturated carbocycles. The topological polar surface area (TPSA) is 63.6 Å². The van der Waals surface area contributed by atoms with Crippen molar-refractivity contribution in [3.8, 4) is 5.75 Å². The van der Waals surface area contributed by atoms with Gasteiger partial charge in [-0.25, -0.2) is 0 Å². The van der Waals surface area contributed by atoms with Crippen LogP contribution in [-0.4, -0.2) is 24.0 Å². The third kappa shape index (κ3) is 3.09. The second-order valence-corrected chi connectivity index (χ2v) is 2.99. The fraction of sp³-hybridized carbons (Fsp3) is 0.273. The van der Waals surface area contributed by atoms with Crippen LogP contribution in [-0.2, 0) is 16.0 Å². The zero-order valence-electron chi connectivity index (χ0n) is 8.40. The highest BCUT2D eigenvalue weighted by atomic mass is 16.5. The average molecular weight is 208 g/mol. The molecular weight excluding hydrogens is 196 g/mol. The van der Waals surface area contributed by atoms with Gasteiger partial charge in [0.1, 0.15) is 5.75 Å². The number of aromatic hydroxyl groups is 1. The van der Waals surface area contributed by atoms with Crippen LogP contribution in [0.3, 0.4) is 0 Å². The summed E-state index contributed by atoms with van der Waals surface area (Å²) in [6, 6.07) is 4.47. The van der Waals surface area contributed by atoms with Gasteiger partial charge in [0.15, 0.2) is 6.29 Å². The van der Waals surface area contributed by atoms with E-state index in [0.29, 0.717) is 18.5 Å². The first-order valence-electron chi connectivity index (χ1n) is 4.60. The van der Waals surface area contributed by atoms with Crippen LogP contribution in [0.5, 0.6) is 5.75 Å². The number of hydrogen-bond donors (Lipinski definition) is 1. The quantitative estimate of drug-likeness (QED) is 0.598. The molecule has 0 aliphatic carbocycles. The third-order valence-electron chi connectivity index (χ3n) is 1.88. The molecule has 0 aliphatic heterocycles. The molecule has 0 spiro atoms. The molecule has 0 aliphatic rings. The van der Waals surface area contributed by atoms with Crippen LogP contribution in [0.25, 0.3) is 0 Å². The minimum atomic E-state index is -0.351. The van der Waals surface area contributed by atoms with Gasteiger partial charge >= 0.3 is 5.97 Å². The van der Waals surface area contributed by atoms with Gasteiger partial charge in [0, 0.05) is 0 Å². The average Bonchev–Trinajstić information content (AvgIpc) is 2.18. The van der Waals surface area contributed by atoms with Crippen LogP contribution in [0, 0.1) is 0 Å². The number of aldehydes is 1. The van der Waals surface area contributed by atoms with Crippen molar-refractivity contribution >= 4 is 12.3 Å². The van der Waals surface area contributed by atoms with E-state index in [1.807, 2.05) is 0 Å². The maximum atomic E-state index is 11.1. The van der Waals surface area contributed by atoms with E-state index >= 15 is 0 Å². The molecule has 0 amide bonds. The molecule has 0 heterocycles. The van der Waals surface area contributed by atoms with Crippen LogP contribution in [0.2, 0.25) is 0 Å². The number of rotatable bonds is 4. The molecule has 0 atom stereocenters. The Balaban J connectivity index is 2.75. The van der Waals surface area contributed by atoms with E-state index in [2.05, 4.69) is 0 Å². The maximum Gasteiger partial charge on any atom is 0.310 e. The molecule has 0 saturated heterocycles. The number of esters is 1. The second-order valence-electron chi connectivity index (χ2n) is 2.99. The predicted octanol–water partition coefficient (Wildman–Crippen LogP) is 1.31. The van der Waals surface area contributed by atoms with Gasteiger partial charge < -0.3 is 9.84 Å². The maximum absolute atomic E-state index is 11.1. The van der Waals surface area contributed by atoms with Crippen molar-refractivity contribution in [2.24, 2.45) is 0 Å². The number of ether oxygens (including phenoxy) is 1. The first kappa shape index (κ1) is 11.2. The number of phenols is 1. The normalized spacial score (nSPS) is 9.67. The third-order valence-corrected chi connectivity index (χ3v) is 1.88. The standard InChI is InChI=1S/C11H12O4/c1-2-15-11(14)6-8-3-4-9(7-12)10(13)5-8/h3-5,7,13H,2,6H2,1H3. The molecule has 1 aromatic rings. The highest BCUT2D eigenvalue weighted by Gasteiger charge is 2.06. The summed E-state index contributed by atoms with van der Waals surface area (Å²) in [5.41, 5.74) is 0.833. The summed E-state index contributed by atoms with van der Waals surface area (Å²) in [7, 11) is 0. The van der Waals surface area contributed by atoms with E-state index in [0.717, 1.165) is 0 Å². The largest absolute Gasteiger partial charge is 0.507 e. The molecule has 1 N–H and O–H groups in total. The summed E-state index contributed by atoms with van der Waals surface area (Å²) < 4.78 is 4.75. The lowest BCUT2D eigenvalue weighted by Crippen LogP contribution is -2.07. The molecule has 0 aromatic heterocycles. The summed E-state index contributed by atoms with van der Waals surface area (Å²) >= 11 is 0. The molecule has 0 fully saturated rings. The Morgan fingerprint density at radius 3 is 2.80 bits per heavy atom. The van der Waals surface area contributed by atoms with Crippen molar-refractivity contribution in [1.29, 1.82) is 0 Å². The lowest BCUT2D eigenvalue weighted by atomic mass is 10.1. The highest BCUT2D eigenvalue weighted by Crippen LogP contribution is 2.17. The van der Waals surface area contributed by atoms with Crippen LogP contribution in [0.4, 0.5) is 0 Å². The lowest BCUT2D eigenvalue weighted by Gasteiger charge is -2.03. The minimum absolute atomic E-state index is 0.0978. The van der Waals surface area contributed by atoms with E-state index in [4.69, 9.17) is 4.74 Å². The van der Waals surface area contributed by atoms with Gasteiger partial charge in [0.25, 0.3) is 0 Å². The summed E-state index contributed by atoms with van der Waals surface area (Å²) in [6.45, 7) is 2.06. The molecule has 1 rings (SSSR count). The summed E-state index contributed by atoms with van der Waals surface area (Å²) in [4.78, 5) is 21.5. The molecule has 0 radical (unpaired) electrons. The van der Waals surface area contributed by atoms with Crippen LogP contribution >= 0.6 is 0 Å². The second kappa shape index (κ2) is 5.14. The summed E-state index contributed by atoms with van der Waals surface area (Å²) in [6.07, 6.45) is 0.657. The Morgan fingerprint density at radius 1 is 1.53 bits per heavy atom. The van der Waals surface area contributed by atoms with E-state index in [-0.39, 0.29) is 23.7 Å². The molecule has 80 valence electrons. The molecule has 0 bridgehead atoms. The molecule has 4 heteroatoms. The van der Waals surface area contributed by atoms with Crippen molar-refractivity contribution in [3.05, 3.63) is 29.3 Å². The van der Waals surface area contributed by atoms with Crippen molar-refractivity contribution in [1.82, 2.24) is 0 Å². The Morgan fingerprint density at radius 2 is 2.27 bits per heavy atom. The predicted molar refractivity (Wildman–Crippen MR) is 53.8 cm³/mol. The smallest absolute Gasteiger partial charge is 0.310 e. The Kier molecular flexibility index (Phi) is 3.85. The monoisotopic (exact) mass is 208 g/mol. The number of carbonyl (C=O) groups excluding carboxylic acids is 2. The Hall–Kier alpha value is -1.84. The number of phenolic OH excluding ortho intramolecular Hbond substituents is 1. The van der Waals surface area contributed by atoms with Crippen molar-refractivity contribution in [2.45, 2.75) is 13.3 Å². The summed E-state index contributed by atoms with van der Waals surface area (Å²) in [5.74, 6) is -0.470. The fourth-order valence-electron chi connectivity index (χ4n) is 1.18. The van der Waals surface area contributed by atoms with Crippen molar-refractivity contribution in [3.63, 3.8) is 0 Å². The molecular formula is C11H12O4. The van der Waals surface area contributed by atoms with Gasteiger partial charge in [0.05, 0.1) is 18.6 Å². The van der Waals surface area contributed by atoms with Crippen molar-refractivity contribution < 1.29 is 19.4 Å². The SMILES string of the molecule is CCOC(=O)Cc1ccc(C=O)c(O)c1. The number of hydrogen-bond acceptors (Lipinski definition) is 4. The zero-order valence-corrected chi connectivity index (χ0v) is 8.40. The molecule has 1 aromatic carbocycles. The molecule has 4 nitrogen and oxygen atoms in total. The zero-order chi connectivity index (χ0) is 11.3. The van der Waals surface area contributed by atoms with Gasteiger partial charge in [0.2, 0.25) is 0 Å². The van der Waals surface area contributed by atoms with Gasteiger partial charge in [-0.05, 0) is 24.6 Å². The first-order valence-corrected chi connectivity index (χ1v) is 4.60. The Labute approximate surface area is 87.5 Å². The molecule has 0 unspecified atom stereocenters. The van der Waals surface area contributed by atoms with E-state index in [1.165, 1.54) is 12.1 Å². The van der Waals surface area contributed by atoms with E-state index in [1.54, 1.807) is 13.0 Å². The van der Waals surface area contributed by atoms with E-state index in [9.17, 15) is 14.7 Å². The van der Waals surface area contributed by atoms with Gasteiger partial charge in [-0.2, -0.15) is 0 Å². The highest BCUT2D eigenvalue weighted by molar-refractivity contribution is 5.80. The van der Waals surface area contributed by atoms with Gasteiger partial charge in [-0.1, -0.05) is 6.07 Å². The summed E-state index contributed by atoms with van der Waals surface area (Å²) in [5, 5.41) is 9.35. The lowest BCUT2D eigenvalue weighted by molar-refractivity contribution is -0.142. The van der Waals surface area contributed by atoms with Gasteiger partial charge in [-0.3, -0.25) is 9.59 Å². The van der Waals surface area contributed by atoms with Crippen LogP contribution in [0.1, 0.15) is 22.8 Å². The number of carbonyl (C=O) groups is 2. The minimum Gasteiger partial charge on any atom is -0.507 e. The van der Waals surface area contributed by atoms with Gasteiger partial charge in [-0.15, -0.1) is 0 Å².